The highest BCUT2D eigenvalue weighted by atomic mass is 19.1. The number of hydrogen-bond acceptors (Lipinski definition) is 2. The molecule has 0 amide bonds. The lowest BCUT2D eigenvalue weighted by atomic mass is 10.1. The minimum atomic E-state index is -0.489. The Bertz CT molecular complexity index is 458. The number of esters is 1. The molecule has 1 fully saturated rings. The van der Waals surface area contributed by atoms with Crippen LogP contribution in [-0.2, 0) is 9.53 Å². The molecular formula is C14H13FO2. The highest BCUT2D eigenvalue weighted by Crippen LogP contribution is 2.48. The minimum absolute atomic E-state index is 0.128. The Hall–Kier alpha value is -1.82. The Morgan fingerprint density at radius 2 is 2.18 bits per heavy atom. The molecule has 1 saturated carbocycles. The summed E-state index contributed by atoms with van der Waals surface area (Å²) in [5.41, 5.74) is 0.974. The molecule has 0 N–H and O–H groups in total. The van der Waals surface area contributed by atoms with Gasteiger partial charge in [0, 0.05) is 0 Å². The van der Waals surface area contributed by atoms with Crippen LogP contribution in [0.4, 0.5) is 4.39 Å². The van der Waals surface area contributed by atoms with E-state index >= 15 is 0 Å². The summed E-state index contributed by atoms with van der Waals surface area (Å²) in [6.45, 7) is 1.66. The highest BCUT2D eigenvalue weighted by molar-refractivity contribution is 5.77. The van der Waals surface area contributed by atoms with Crippen molar-refractivity contribution in [3.8, 4) is 12.3 Å². The van der Waals surface area contributed by atoms with Crippen LogP contribution in [0.1, 0.15) is 24.8 Å². The first-order valence-corrected chi connectivity index (χ1v) is 5.54. The summed E-state index contributed by atoms with van der Waals surface area (Å²) in [7, 11) is 0. The predicted molar refractivity (Wildman–Crippen MR) is 61.6 cm³/mol. The van der Waals surface area contributed by atoms with E-state index in [1.54, 1.807) is 19.1 Å². The fourth-order valence-electron chi connectivity index (χ4n) is 1.83. The van der Waals surface area contributed by atoms with Crippen molar-refractivity contribution in [3.05, 3.63) is 35.6 Å². The number of ether oxygens (including phenoxy) is 1. The number of benzene rings is 1. The predicted octanol–water partition coefficient (Wildman–Crippen LogP) is 2.49. The summed E-state index contributed by atoms with van der Waals surface area (Å²) in [4.78, 5) is 11.6. The van der Waals surface area contributed by atoms with Crippen LogP contribution in [0.15, 0.2) is 24.3 Å². The molecule has 0 unspecified atom stereocenters. The van der Waals surface area contributed by atoms with Gasteiger partial charge in [-0.3, -0.25) is 4.79 Å². The van der Waals surface area contributed by atoms with Gasteiger partial charge in [0.2, 0.25) is 0 Å². The SMILES string of the molecule is C#C[C@H](C)OC(=O)[C@@H]1C[C@H]1c1ccc(F)cc1. The molecule has 3 heteroatoms. The molecule has 88 valence electrons. The molecule has 1 aliphatic carbocycles. The van der Waals surface area contributed by atoms with Gasteiger partial charge in [0.15, 0.2) is 6.10 Å². The summed E-state index contributed by atoms with van der Waals surface area (Å²) in [5.74, 6) is 1.84. The minimum Gasteiger partial charge on any atom is -0.449 e. The van der Waals surface area contributed by atoms with E-state index in [9.17, 15) is 9.18 Å². The fourth-order valence-corrected chi connectivity index (χ4v) is 1.83. The van der Waals surface area contributed by atoms with Crippen molar-refractivity contribution in [2.45, 2.75) is 25.4 Å². The summed E-state index contributed by atoms with van der Waals surface area (Å²) in [5, 5.41) is 0. The van der Waals surface area contributed by atoms with Crippen molar-refractivity contribution < 1.29 is 13.9 Å². The molecule has 0 bridgehead atoms. The van der Waals surface area contributed by atoms with Crippen LogP contribution in [0, 0.1) is 24.1 Å². The van der Waals surface area contributed by atoms with Gasteiger partial charge in [-0.2, -0.15) is 0 Å². The smallest absolute Gasteiger partial charge is 0.310 e. The maximum Gasteiger partial charge on any atom is 0.310 e. The van der Waals surface area contributed by atoms with E-state index in [1.807, 2.05) is 0 Å². The van der Waals surface area contributed by atoms with Crippen molar-refractivity contribution in [1.29, 1.82) is 0 Å². The largest absolute Gasteiger partial charge is 0.449 e. The second kappa shape index (κ2) is 4.58. The van der Waals surface area contributed by atoms with E-state index in [1.165, 1.54) is 12.1 Å². The van der Waals surface area contributed by atoms with Gasteiger partial charge >= 0.3 is 5.97 Å². The number of terminal acetylenes is 1. The maximum atomic E-state index is 12.7. The van der Waals surface area contributed by atoms with Crippen LogP contribution in [0.5, 0.6) is 0 Å². The van der Waals surface area contributed by atoms with Crippen molar-refractivity contribution in [2.75, 3.05) is 0 Å². The van der Waals surface area contributed by atoms with Crippen molar-refractivity contribution in [2.24, 2.45) is 5.92 Å². The Morgan fingerprint density at radius 3 is 2.76 bits per heavy atom. The zero-order valence-electron chi connectivity index (χ0n) is 9.52. The first-order valence-electron chi connectivity index (χ1n) is 5.54. The molecule has 0 aliphatic heterocycles. The van der Waals surface area contributed by atoms with Gasteiger partial charge in [-0.25, -0.2) is 4.39 Å². The van der Waals surface area contributed by atoms with E-state index in [2.05, 4.69) is 5.92 Å². The van der Waals surface area contributed by atoms with E-state index in [0.717, 1.165) is 12.0 Å². The van der Waals surface area contributed by atoms with E-state index in [4.69, 9.17) is 11.2 Å². The van der Waals surface area contributed by atoms with Crippen molar-refractivity contribution in [3.63, 3.8) is 0 Å². The summed E-state index contributed by atoms with van der Waals surface area (Å²) >= 11 is 0. The van der Waals surface area contributed by atoms with Gasteiger partial charge < -0.3 is 4.74 Å². The van der Waals surface area contributed by atoms with Gasteiger partial charge in [-0.05, 0) is 37.0 Å². The summed E-state index contributed by atoms with van der Waals surface area (Å²) in [6.07, 6.45) is 5.40. The van der Waals surface area contributed by atoms with Crippen LogP contribution in [0.25, 0.3) is 0 Å². The second-order valence-corrected chi connectivity index (χ2v) is 4.25. The first kappa shape index (κ1) is 11.7. The van der Waals surface area contributed by atoms with Gasteiger partial charge in [-0.1, -0.05) is 18.1 Å². The van der Waals surface area contributed by atoms with Crippen LogP contribution in [0.3, 0.4) is 0 Å². The van der Waals surface area contributed by atoms with Gasteiger partial charge in [-0.15, -0.1) is 6.42 Å². The lowest BCUT2D eigenvalue weighted by Crippen LogP contribution is -2.15. The number of halogens is 1. The Kier molecular flexibility index (Phi) is 3.14. The average molecular weight is 232 g/mol. The third-order valence-corrected chi connectivity index (χ3v) is 2.92. The zero-order chi connectivity index (χ0) is 12.4. The zero-order valence-corrected chi connectivity index (χ0v) is 9.52. The monoisotopic (exact) mass is 232 g/mol. The van der Waals surface area contributed by atoms with Crippen LogP contribution >= 0.6 is 0 Å². The molecule has 17 heavy (non-hydrogen) atoms. The molecule has 1 aromatic rings. The number of carbonyl (C=O) groups is 1. The van der Waals surface area contributed by atoms with Crippen LogP contribution in [-0.4, -0.2) is 12.1 Å². The molecule has 0 spiro atoms. The molecule has 1 aliphatic rings. The molecule has 1 aromatic carbocycles. The Balaban J connectivity index is 1.94. The van der Waals surface area contributed by atoms with Crippen LogP contribution < -0.4 is 0 Å². The number of rotatable bonds is 3. The van der Waals surface area contributed by atoms with Gasteiger partial charge in [0.25, 0.3) is 0 Å². The molecule has 3 atom stereocenters. The third-order valence-electron chi connectivity index (χ3n) is 2.92. The maximum absolute atomic E-state index is 12.7. The normalized spacial score (nSPS) is 23.6. The van der Waals surface area contributed by atoms with Crippen LogP contribution in [0.2, 0.25) is 0 Å². The molecule has 0 aromatic heterocycles. The number of hydrogen-bond donors (Lipinski definition) is 0. The summed E-state index contributed by atoms with van der Waals surface area (Å²) in [6, 6.07) is 6.22. The van der Waals surface area contributed by atoms with Gasteiger partial charge in [0.05, 0.1) is 5.92 Å². The molecule has 0 heterocycles. The quantitative estimate of drug-likeness (QED) is 0.591. The first-order chi connectivity index (χ1) is 8.11. The second-order valence-electron chi connectivity index (χ2n) is 4.25. The molecule has 2 nitrogen and oxygen atoms in total. The average Bonchev–Trinajstić information content (AvgIpc) is 3.10. The van der Waals surface area contributed by atoms with Gasteiger partial charge in [0.1, 0.15) is 5.82 Å². The lowest BCUT2D eigenvalue weighted by molar-refractivity contribution is -0.147. The molecular weight excluding hydrogens is 219 g/mol. The van der Waals surface area contributed by atoms with Crippen molar-refractivity contribution >= 4 is 5.97 Å². The summed E-state index contributed by atoms with van der Waals surface area (Å²) < 4.78 is 17.8. The fraction of sp³-hybridized carbons (Fsp3) is 0.357. The lowest BCUT2D eigenvalue weighted by Gasteiger charge is -2.06. The standard InChI is InChI=1S/C14H13FO2/c1-3-9(2)17-14(16)13-8-12(13)10-4-6-11(15)7-5-10/h1,4-7,9,12-13H,8H2,2H3/t9-,12-,13+/m0/s1. The van der Waals surface area contributed by atoms with E-state index in [-0.39, 0.29) is 23.6 Å². The van der Waals surface area contributed by atoms with Crippen molar-refractivity contribution in [1.82, 2.24) is 0 Å². The Morgan fingerprint density at radius 1 is 1.53 bits per heavy atom. The third kappa shape index (κ3) is 2.65. The number of carbonyl (C=O) groups excluding carboxylic acids is 1. The van der Waals surface area contributed by atoms with E-state index < -0.39 is 6.10 Å². The van der Waals surface area contributed by atoms with E-state index in [0.29, 0.717) is 0 Å². The topological polar surface area (TPSA) is 26.3 Å². The Labute approximate surface area is 99.8 Å². The molecule has 0 radical (unpaired) electrons. The molecule has 2 rings (SSSR count). The molecule has 0 saturated heterocycles. The highest BCUT2D eigenvalue weighted by Gasteiger charge is 2.45.